The van der Waals surface area contributed by atoms with Gasteiger partial charge in [-0.1, -0.05) is 33.0 Å². The van der Waals surface area contributed by atoms with Gasteiger partial charge in [-0.3, -0.25) is 4.79 Å². The highest BCUT2D eigenvalue weighted by molar-refractivity contribution is 7.80. The highest BCUT2D eigenvalue weighted by atomic mass is 32.1. The van der Waals surface area contributed by atoms with Gasteiger partial charge in [0.05, 0.1) is 10.5 Å². The third kappa shape index (κ3) is 2.73. The summed E-state index contributed by atoms with van der Waals surface area (Å²) in [7, 11) is 0. The summed E-state index contributed by atoms with van der Waals surface area (Å²) in [6, 6.07) is 0. The molecule has 92 valence electrons. The zero-order valence-corrected chi connectivity index (χ0v) is 11.2. The third-order valence-corrected chi connectivity index (χ3v) is 4.17. The second-order valence-electron chi connectivity index (χ2n) is 4.77. The van der Waals surface area contributed by atoms with E-state index in [9.17, 15) is 4.79 Å². The number of thiocarbonyl (C=S) groups is 1. The van der Waals surface area contributed by atoms with Crippen molar-refractivity contribution in [1.82, 2.24) is 5.32 Å². The standard InChI is InChI=1S/C12H22N2OS/c1-4-12(5-2,11(13)16)14-10(15)8(3)9-6-7-9/h8-9H,4-7H2,1-3H3,(H2,13,16)(H,14,15). The van der Waals surface area contributed by atoms with Crippen molar-refractivity contribution in [3.63, 3.8) is 0 Å². The van der Waals surface area contributed by atoms with Gasteiger partial charge in [-0.05, 0) is 31.6 Å². The number of hydrogen-bond donors (Lipinski definition) is 2. The van der Waals surface area contributed by atoms with E-state index in [1.807, 2.05) is 20.8 Å². The van der Waals surface area contributed by atoms with Gasteiger partial charge in [0.1, 0.15) is 0 Å². The van der Waals surface area contributed by atoms with Crippen LogP contribution in [0.2, 0.25) is 0 Å². The second kappa shape index (κ2) is 5.13. The van der Waals surface area contributed by atoms with Gasteiger partial charge in [0.15, 0.2) is 0 Å². The minimum absolute atomic E-state index is 0.0897. The molecule has 1 aliphatic rings. The smallest absolute Gasteiger partial charge is 0.223 e. The van der Waals surface area contributed by atoms with Gasteiger partial charge >= 0.3 is 0 Å². The van der Waals surface area contributed by atoms with Crippen LogP contribution < -0.4 is 11.1 Å². The van der Waals surface area contributed by atoms with Crippen molar-refractivity contribution in [1.29, 1.82) is 0 Å². The molecule has 3 nitrogen and oxygen atoms in total. The Kier molecular flexibility index (Phi) is 4.30. The van der Waals surface area contributed by atoms with Gasteiger partial charge < -0.3 is 11.1 Å². The third-order valence-electron chi connectivity index (χ3n) is 3.78. The number of amides is 1. The van der Waals surface area contributed by atoms with E-state index < -0.39 is 5.54 Å². The van der Waals surface area contributed by atoms with E-state index in [0.29, 0.717) is 10.9 Å². The van der Waals surface area contributed by atoms with Crippen LogP contribution in [0.3, 0.4) is 0 Å². The van der Waals surface area contributed by atoms with E-state index >= 15 is 0 Å². The van der Waals surface area contributed by atoms with Crippen molar-refractivity contribution in [2.75, 3.05) is 0 Å². The zero-order valence-electron chi connectivity index (χ0n) is 10.4. The Morgan fingerprint density at radius 2 is 2.00 bits per heavy atom. The summed E-state index contributed by atoms with van der Waals surface area (Å²) < 4.78 is 0. The molecule has 0 aromatic rings. The SMILES string of the molecule is CCC(CC)(NC(=O)C(C)C1CC1)C(N)=S. The fourth-order valence-corrected chi connectivity index (χ4v) is 2.34. The average Bonchev–Trinajstić information content (AvgIpc) is 3.08. The van der Waals surface area contributed by atoms with Gasteiger partial charge in [-0.25, -0.2) is 0 Å². The molecule has 0 aromatic heterocycles. The fourth-order valence-electron chi connectivity index (χ4n) is 2.00. The van der Waals surface area contributed by atoms with Crippen LogP contribution in [0.25, 0.3) is 0 Å². The molecule has 0 saturated heterocycles. The molecule has 4 heteroatoms. The molecule has 3 N–H and O–H groups in total. The first-order valence-electron chi connectivity index (χ1n) is 6.08. The molecule has 1 unspecified atom stereocenters. The van der Waals surface area contributed by atoms with Crippen LogP contribution in [0.5, 0.6) is 0 Å². The van der Waals surface area contributed by atoms with Gasteiger partial charge in [0, 0.05) is 5.92 Å². The van der Waals surface area contributed by atoms with Gasteiger partial charge in [0.25, 0.3) is 0 Å². The predicted molar refractivity (Wildman–Crippen MR) is 70.1 cm³/mol. The number of hydrogen-bond acceptors (Lipinski definition) is 2. The summed E-state index contributed by atoms with van der Waals surface area (Å²) in [5, 5.41) is 3.05. The number of rotatable bonds is 6. The van der Waals surface area contributed by atoms with E-state index in [1.54, 1.807) is 0 Å². The summed E-state index contributed by atoms with van der Waals surface area (Å²) in [6.07, 6.45) is 3.85. The molecule has 0 bridgehead atoms. The lowest BCUT2D eigenvalue weighted by atomic mass is 9.91. The van der Waals surface area contributed by atoms with Crippen LogP contribution in [0.4, 0.5) is 0 Å². The van der Waals surface area contributed by atoms with Gasteiger partial charge in [-0.2, -0.15) is 0 Å². The molecule has 1 atom stereocenters. The molecule has 0 radical (unpaired) electrons. The molecule has 1 rings (SSSR count). The molecule has 0 heterocycles. The Morgan fingerprint density at radius 3 is 2.31 bits per heavy atom. The summed E-state index contributed by atoms with van der Waals surface area (Å²) >= 11 is 5.08. The normalized spacial score (nSPS) is 17.9. The lowest BCUT2D eigenvalue weighted by Gasteiger charge is -2.32. The minimum Gasteiger partial charge on any atom is -0.391 e. The van der Waals surface area contributed by atoms with Crippen LogP contribution in [0.1, 0.15) is 46.5 Å². The van der Waals surface area contributed by atoms with E-state index in [-0.39, 0.29) is 11.8 Å². The number of nitrogens with one attached hydrogen (secondary N) is 1. The van der Waals surface area contributed by atoms with Crippen molar-refractivity contribution in [2.24, 2.45) is 17.6 Å². The van der Waals surface area contributed by atoms with Crippen LogP contribution in [0, 0.1) is 11.8 Å². The van der Waals surface area contributed by atoms with E-state index in [0.717, 1.165) is 12.8 Å². The molecule has 0 aromatic carbocycles. The van der Waals surface area contributed by atoms with Crippen molar-refractivity contribution in [2.45, 2.75) is 52.0 Å². The van der Waals surface area contributed by atoms with Gasteiger partial charge in [0.2, 0.25) is 5.91 Å². The highest BCUT2D eigenvalue weighted by Crippen LogP contribution is 2.37. The summed E-state index contributed by atoms with van der Waals surface area (Å²) in [6.45, 7) is 6.00. The van der Waals surface area contributed by atoms with E-state index in [1.165, 1.54) is 12.8 Å². The lowest BCUT2D eigenvalue weighted by molar-refractivity contribution is -0.126. The van der Waals surface area contributed by atoms with Crippen molar-refractivity contribution in [3.05, 3.63) is 0 Å². The Balaban J connectivity index is 2.67. The van der Waals surface area contributed by atoms with Crippen molar-refractivity contribution in [3.8, 4) is 0 Å². The molecule has 1 fully saturated rings. The molecule has 0 spiro atoms. The van der Waals surface area contributed by atoms with Crippen LogP contribution in [-0.2, 0) is 4.79 Å². The molecule has 0 aliphatic heterocycles. The summed E-state index contributed by atoms with van der Waals surface area (Å²) in [5.74, 6) is 0.753. The van der Waals surface area contributed by atoms with Crippen LogP contribution in [-0.4, -0.2) is 16.4 Å². The maximum absolute atomic E-state index is 12.0. The van der Waals surface area contributed by atoms with E-state index in [4.69, 9.17) is 18.0 Å². The van der Waals surface area contributed by atoms with Crippen LogP contribution in [0.15, 0.2) is 0 Å². The highest BCUT2D eigenvalue weighted by Gasteiger charge is 2.37. The first-order chi connectivity index (χ1) is 7.46. The predicted octanol–water partition coefficient (Wildman–Crippen LogP) is 1.99. The minimum atomic E-state index is -0.491. The molecular weight excluding hydrogens is 220 g/mol. The first kappa shape index (κ1) is 13.4. The number of carbonyl (C=O) groups is 1. The quantitative estimate of drug-likeness (QED) is 0.700. The fraction of sp³-hybridized carbons (Fsp3) is 0.833. The first-order valence-corrected chi connectivity index (χ1v) is 6.49. The Hall–Kier alpha value is -0.640. The average molecular weight is 242 g/mol. The van der Waals surface area contributed by atoms with E-state index in [2.05, 4.69) is 5.32 Å². The second-order valence-corrected chi connectivity index (χ2v) is 5.21. The largest absolute Gasteiger partial charge is 0.391 e. The topological polar surface area (TPSA) is 55.1 Å². The molecular formula is C12H22N2OS. The number of nitrogens with two attached hydrogens (primary N) is 1. The molecule has 1 amide bonds. The van der Waals surface area contributed by atoms with Crippen LogP contribution >= 0.6 is 12.2 Å². The molecule has 1 aliphatic carbocycles. The maximum atomic E-state index is 12.0. The summed E-state index contributed by atoms with van der Waals surface area (Å²) in [5.41, 5.74) is 5.26. The Bertz CT molecular complexity index is 283. The Labute approximate surface area is 103 Å². The lowest BCUT2D eigenvalue weighted by Crippen LogP contribution is -2.57. The van der Waals surface area contributed by atoms with Gasteiger partial charge in [-0.15, -0.1) is 0 Å². The number of carbonyl (C=O) groups excluding carboxylic acids is 1. The monoisotopic (exact) mass is 242 g/mol. The van der Waals surface area contributed by atoms with Crippen molar-refractivity contribution >= 4 is 23.1 Å². The maximum Gasteiger partial charge on any atom is 0.223 e. The summed E-state index contributed by atoms with van der Waals surface area (Å²) in [4.78, 5) is 12.4. The molecule has 16 heavy (non-hydrogen) atoms. The molecule has 1 saturated carbocycles. The van der Waals surface area contributed by atoms with Crippen molar-refractivity contribution < 1.29 is 4.79 Å². The zero-order chi connectivity index (χ0) is 12.3. The Morgan fingerprint density at radius 1 is 1.50 bits per heavy atom.